The first-order valence-electron chi connectivity index (χ1n) is 5.54. The van der Waals surface area contributed by atoms with Gasteiger partial charge in [0.25, 0.3) is 0 Å². The van der Waals surface area contributed by atoms with Gasteiger partial charge in [0.2, 0.25) is 0 Å². The summed E-state index contributed by atoms with van der Waals surface area (Å²) in [6.07, 6.45) is -10.9. The van der Waals surface area contributed by atoms with Crippen molar-refractivity contribution in [3.63, 3.8) is 0 Å². The molecule has 0 bridgehead atoms. The Morgan fingerprint density at radius 1 is 1.14 bits per heavy atom. The lowest BCUT2D eigenvalue weighted by atomic mass is 10.1. The fraction of sp³-hybridized carbons (Fsp3) is 0.417. The molecule has 0 heterocycles. The van der Waals surface area contributed by atoms with Gasteiger partial charge in [-0.1, -0.05) is 6.07 Å². The number of halogens is 6. The van der Waals surface area contributed by atoms with Crippen molar-refractivity contribution >= 4 is 5.97 Å². The molecule has 0 N–H and O–H groups in total. The number of hydrogen-bond donors (Lipinski definition) is 0. The van der Waals surface area contributed by atoms with E-state index in [1.807, 2.05) is 0 Å². The normalized spacial score (nSPS) is 12.1. The lowest BCUT2D eigenvalue weighted by Gasteiger charge is -2.17. The molecule has 0 saturated carbocycles. The Hall–Kier alpha value is -1.93. The number of esters is 1. The molecular weight excluding hydrogens is 306 g/mol. The van der Waals surface area contributed by atoms with Gasteiger partial charge in [0.1, 0.15) is 11.3 Å². The SMILES string of the molecule is COC(=O)c1cccc(C(F)(F)F)c1OCCC(F)(F)F. The van der Waals surface area contributed by atoms with Crippen LogP contribution in [0.4, 0.5) is 26.3 Å². The van der Waals surface area contributed by atoms with E-state index < -0.39 is 48.2 Å². The maximum Gasteiger partial charge on any atom is 0.419 e. The van der Waals surface area contributed by atoms with Crippen molar-refractivity contribution in [3.8, 4) is 5.75 Å². The molecule has 1 rings (SSSR count). The Morgan fingerprint density at radius 3 is 2.24 bits per heavy atom. The van der Waals surface area contributed by atoms with E-state index >= 15 is 0 Å². The first-order chi connectivity index (χ1) is 9.56. The predicted molar refractivity (Wildman–Crippen MR) is 59.0 cm³/mol. The molecule has 0 amide bonds. The second-order valence-electron chi connectivity index (χ2n) is 3.89. The number of benzene rings is 1. The summed E-state index contributed by atoms with van der Waals surface area (Å²) >= 11 is 0. The standard InChI is InChI=1S/C12H10F6O3/c1-20-10(19)7-3-2-4-8(12(16,17)18)9(7)21-6-5-11(13,14)15/h2-4H,5-6H2,1H3. The molecule has 0 unspecified atom stereocenters. The lowest BCUT2D eigenvalue weighted by Crippen LogP contribution is -2.17. The van der Waals surface area contributed by atoms with Gasteiger partial charge in [-0.2, -0.15) is 26.3 Å². The van der Waals surface area contributed by atoms with Crippen LogP contribution in [0.25, 0.3) is 0 Å². The Bertz CT molecular complexity index is 507. The highest BCUT2D eigenvalue weighted by Crippen LogP contribution is 2.38. The summed E-state index contributed by atoms with van der Waals surface area (Å²) in [6, 6.07) is 2.52. The van der Waals surface area contributed by atoms with Crippen LogP contribution in [0.15, 0.2) is 18.2 Å². The number of rotatable bonds is 4. The van der Waals surface area contributed by atoms with Crippen LogP contribution < -0.4 is 4.74 Å². The van der Waals surface area contributed by atoms with Gasteiger partial charge in [-0.25, -0.2) is 4.79 Å². The Morgan fingerprint density at radius 2 is 1.76 bits per heavy atom. The van der Waals surface area contributed by atoms with Crippen molar-refractivity contribution in [2.24, 2.45) is 0 Å². The molecule has 0 aromatic heterocycles. The van der Waals surface area contributed by atoms with Crippen molar-refractivity contribution in [3.05, 3.63) is 29.3 Å². The van der Waals surface area contributed by atoms with Gasteiger partial charge >= 0.3 is 18.3 Å². The van der Waals surface area contributed by atoms with E-state index in [0.29, 0.717) is 6.07 Å². The zero-order valence-electron chi connectivity index (χ0n) is 10.6. The number of methoxy groups -OCH3 is 1. The molecule has 118 valence electrons. The van der Waals surface area contributed by atoms with E-state index in [9.17, 15) is 31.1 Å². The van der Waals surface area contributed by atoms with Crippen LogP contribution in [0.1, 0.15) is 22.3 Å². The molecule has 0 aliphatic carbocycles. The molecular formula is C12H10F6O3. The maximum absolute atomic E-state index is 12.8. The van der Waals surface area contributed by atoms with Crippen LogP contribution in [0.5, 0.6) is 5.75 Å². The Kier molecular flexibility index (Phi) is 5.08. The van der Waals surface area contributed by atoms with Gasteiger partial charge in [0.05, 0.1) is 25.7 Å². The monoisotopic (exact) mass is 316 g/mol. The molecule has 0 atom stereocenters. The number of hydrogen-bond acceptors (Lipinski definition) is 3. The quantitative estimate of drug-likeness (QED) is 0.626. The highest BCUT2D eigenvalue weighted by Gasteiger charge is 2.37. The zero-order valence-corrected chi connectivity index (χ0v) is 10.6. The maximum atomic E-state index is 12.8. The van der Waals surface area contributed by atoms with E-state index in [0.717, 1.165) is 19.2 Å². The molecule has 0 radical (unpaired) electrons. The summed E-state index contributed by atoms with van der Waals surface area (Å²) in [4.78, 5) is 11.4. The van der Waals surface area contributed by atoms with E-state index in [2.05, 4.69) is 9.47 Å². The van der Waals surface area contributed by atoms with Gasteiger partial charge < -0.3 is 9.47 Å². The van der Waals surface area contributed by atoms with Crippen molar-refractivity contribution in [1.82, 2.24) is 0 Å². The van der Waals surface area contributed by atoms with Gasteiger partial charge in [0, 0.05) is 0 Å². The molecule has 3 nitrogen and oxygen atoms in total. The van der Waals surface area contributed by atoms with Crippen LogP contribution in [-0.4, -0.2) is 25.9 Å². The molecule has 21 heavy (non-hydrogen) atoms. The van der Waals surface area contributed by atoms with E-state index in [1.54, 1.807) is 0 Å². The average Bonchev–Trinajstić information content (AvgIpc) is 2.35. The highest BCUT2D eigenvalue weighted by atomic mass is 19.4. The first kappa shape index (κ1) is 17.1. The summed E-state index contributed by atoms with van der Waals surface area (Å²) in [7, 11) is 0.933. The molecule has 1 aromatic carbocycles. The fourth-order valence-electron chi connectivity index (χ4n) is 1.46. The summed E-state index contributed by atoms with van der Waals surface area (Å²) in [6.45, 7) is -1.04. The predicted octanol–water partition coefficient (Wildman–Crippen LogP) is 3.82. The largest absolute Gasteiger partial charge is 0.492 e. The van der Waals surface area contributed by atoms with Crippen molar-refractivity contribution < 1.29 is 40.6 Å². The fourth-order valence-corrected chi connectivity index (χ4v) is 1.46. The first-order valence-corrected chi connectivity index (χ1v) is 5.54. The number of carbonyl (C=O) groups is 1. The lowest BCUT2D eigenvalue weighted by molar-refractivity contribution is -0.143. The van der Waals surface area contributed by atoms with Gasteiger partial charge in [-0.3, -0.25) is 0 Å². The molecule has 0 spiro atoms. The van der Waals surface area contributed by atoms with E-state index in [4.69, 9.17) is 0 Å². The van der Waals surface area contributed by atoms with Gasteiger partial charge in [-0.05, 0) is 12.1 Å². The van der Waals surface area contributed by atoms with Crippen molar-refractivity contribution in [1.29, 1.82) is 0 Å². The Labute approximate surface area is 115 Å². The minimum absolute atomic E-state index is 0.588. The van der Waals surface area contributed by atoms with Crippen molar-refractivity contribution in [2.75, 3.05) is 13.7 Å². The van der Waals surface area contributed by atoms with Gasteiger partial charge in [-0.15, -0.1) is 0 Å². The average molecular weight is 316 g/mol. The number of ether oxygens (including phenoxy) is 2. The van der Waals surface area contributed by atoms with Crippen LogP contribution >= 0.6 is 0 Å². The minimum Gasteiger partial charge on any atom is -0.492 e. The molecule has 0 fully saturated rings. The summed E-state index contributed by atoms with van der Waals surface area (Å²) in [5, 5.41) is 0. The van der Waals surface area contributed by atoms with Crippen LogP contribution in [0.3, 0.4) is 0 Å². The van der Waals surface area contributed by atoms with Crippen LogP contribution in [0, 0.1) is 0 Å². The van der Waals surface area contributed by atoms with E-state index in [-0.39, 0.29) is 0 Å². The topological polar surface area (TPSA) is 35.5 Å². The number of alkyl halides is 6. The second-order valence-corrected chi connectivity index (χ2v) is 3.89. The highest BCUT2D eigenvalue weighted by molar-refractivity contribution is 5.93. The zero-order chi connectivity index (χ0) is 16.3. The number of carbonyl (C=O) groups excluding carboxylic acids is 1. The third-order valence-corrected chi connectivity index (χ3v) is 2.36. The molecule has 0 saturated heterocycles. The summed E-state index contributed by atoms with van der Waals surface area (Å²) in [5.41, 5.74) is -1.93. The second kappa shape index (κ2) is 6.23. The van der Waals surface area contributed by atoms with Crippen molar-refractivity contribution in [2.45, 2.75) is 18.8 Å². The molecule has 0 aliphatic heterocycles. The Balaban J connectivity index is 3.14. The summed E-state index contributed by atoms with van der Waals surface area (Å²) in [5.74, 6) is -2.11. The number of para-hydroxylation sites is 1. The third kappa shape index (κ3) is 4.83. The van der Waals surface area contributed by atoms with Gasteiger partial charge in [0.15, 0.2) is 0 Å². The third-order valence-electron chi connectivity index (χ3n) is 2.36. The van der Waals surface area contributed by atoms with Crippen LogP contribution in [-0.2, 0) is 10.9 Å². The van der Waals surface area contributed by atoms with E-state index in [1.165, 1.54) is 0 Å². The minimum atomic E-state index is -4.88. The molecule has 0 aliphatic rings. The smallest absolute Gasteiger partial charge is 0.419 e. The molecule has 1 aromatic rings. The van der Waals surface area contributed by atoms with Crippen LogP contribution in [0.2, 0.25) is 0 Å². The molecule has 9 heteroatoms. The summed E-state index contributed by atoms with van der Waals surface area (Å²) < 4.78 is 83.3.